The third kappa shape index (κ3) is 5.39. The smallest absolute Gasteiger partial charge is 0.260 e. The molecule has 8 heteroatoms. The van der Waals surface area contributed by atoms with Crippen molar-refractivity contribution in [1.82, 2.24) is 29.4 Å². The van der Waals surface area contributed by atoms with Gasteiger partial charge in [0.1, 0.15) is 5.65 Å². The van der Waals surface area contributed by atoms with Crippen LogP contribution in [0.15, 0.2) is 47.7 Å². The lowest BCUT2D eigenvalue weighted by atomic mass is 9.94. The average molecular weight is 498 g/mol. The highest BCUT2D eigenvalue weighted by atomic mass is 16.1. The van der Waals surface area contributed by atoms with Crippen molar-refractivity contribution >= 4 is 17.0 Å². The standard InChI is InChI=1S/C29H35N7O/c1-5-36-27-23(17-32-29(34-27)31-11-8-21-9-12-35(4)13-10-21)15-25(28(36)37)24-7-6-22(14-19(24)2)26-18-30-16-20(3)33-26/h6-7,14-18,21H,5,8-13H2,1-4H3,(H,31,32,34). The molecule has 0 unspecified atom stereocenters. The van der Waals surface area contributed by atoms with Gasteiger partial charge in [-0.05, 0) is 89.3 Å². The van der Waals surface area contributed by atoms with E-state index in [0.29, 0.717) is 23.7 Å². The number of pyridine rings is 1. The Morgan fingerprint density at radius 3 is 2.57 bits per heavy atom. The van der Waals surface area contributed by atoms with Crippen LogP contribution in [0.3, 0.4) is 0 Å². The number of hydrogen-bond donors (Lipinski definition) is 1. The Morgan fingerprint density at radius 1 is 1.03 bits per heavy atom. The Hall–Kier alpha value is -3.65. The maximum Gasteiger partial charge on any atom is 0.260 e. The van der Waals surface area contributed by atoms with Gasteiger partial charge in [-0.25, -0.2) is 9.97 Å². The van der Waals surface area contributed by atoms with E-state index in [2.05, 4.69) is 38.3 Å². The van der Waals surface area contributed by atoms with Crippen molar-refractivity contribution in [3.8, 4) is 22.4 Å². The van der Waals surface area contributed by atoms with Gasteiger partial charge in [0.05, 0.1) is 17.6 Å². The molecule has 0 spiro atoms. The SMILES string of the molecule is CCn1c(=O)c(-c2ccc(-c3cncc(C)n3)cc2C)cc2cnc(NCCC3CCN(C)CC3)nc21. The lowest BCUT2D eigenvalue weighted by molar-refractivity contribution is 0.215. The zero-order chi connectivity index (χ0) is 25.9. The normalized spacial score (nSPS) is 14.8. The second-order valence-electron chi connectivity index (χ2n) is 10.1. The Morgan fingerprint density at radius 2 is 1.84 bits per heavy atom. The Kier molecular flexibility index (Phi) is 7.28. The molecule has 37 heavy (non-hydrogen) atoms. The van der Waals surface area contributed by atoms with Crippen LogP contribution in [-0.2, 0) is 6.54 Å². The van der Waals surface area contributed by atoms with Crippen LogP contribution in [-0.4, -0.2) is 56.1 Å². The molecule has 8 nitrogen and oxygen atoms in total. The van der Waals surface area contributed by atoms with E-state index in [1.807, 2.05) is 45.2 Å². The fourth-order valence-corrected chi connectivity index (χ4v) is 5.20. The van der Waals surface area contributed by atoms with Crippen LogP contribution in [0.4, 0.5) is 5.95 Å². The van der Waals surface area contributed by atoms with Crippen molar-refractivity contribution in [1.29, 1.82) is 0 Å². The topological polar surface area (TPSA) is 88.8 Å². The third-order valence-corrected chi connectivity index (χ3v) is 7.38. The van der Waals surface area contributed by atoms with Crippen LogP contribution in [0.1, 0.15) is 37.4 Å². The molecule has 3 aromatic heterocycles. The minimum Gasteiger partial charge on any atom is -0.354 e. The predicted octanol–water partition coefficient (Wildman–Crippen LogP) is 4.70. The maximum atomic E-state index is 13.6. The largest absolute Gasteiger partial charge is 0.354 e. The van der Waals surface area contributed by atoms with Gasteiger partial charge >= 0.3 is 0 Å². The first-order valence-electron chi connectivity index (χ1n) is 13.2. The fourth-order valence-electron chi connectivity index (χ4n) is 5.20. The maximum absolute atomic E-state index is 13.6. The molecule has 5 rings (SSSR count). The Balaban J connectivity index is 1.41. The molecule has 0 aliphatic carbocycles. The number of nitrogens with zero attached hydrogens (tertiary/aromatic N) is 6. The van der Waals surface area contributed by atoms with E-state index < -0.39 is 0 Å². The molecular formula is C29H35N7O. The summed E-state index contributed by atoms with van der Waals surface area (Å²) in [5.74, 6) is 1.32. The summed E-state index contributed by atoms with van der Waals surface area (Å²) in [6.07, 6.45) is 8.92. The van der Waals surface area contributed by atoms with Crippen LogP contribution in [0.2, 0.25) is 0 Å². The Labute approximate surface area is 217 Å². The quantitative estimate of drug-likeness (QED) is 0.396. The molecule has 0 amide bonds. The summed E-state index contributed by atoms with van der Waals surface area (Å²) >= 11 is 0. The van der Waals surface area contributed by atoms with Crippen molar-refractivity contribution < 1.29 is 0 Å². The van der Waals surface area contributed by atoms with Crippen molar-refractivity contribution in [2.75, 3.05) is 32.0 Å². The summed E-state index contributed by atoms with van der Waals surface area (Å²) < 4.78 is 1.74. The first-order chi connectivity index (χ1) is 17.9. The van der Waals surface area contributed by atoms with Crippen molar-refractivity contribution in [3.63, 3.8) is 0 Å². The molecule has 1 aliphatic rings. The molecule has 0 saturated carbocycles. The van der Waals surface area contributed by atoms with Crippen LogP contribution >= 0.6 is 0 Å². The number of fused-ring (bicyclic) bond motifs is 1. The predicted molar refractivity (Wildman–Crippen MR) is 149 cm³/mol. The van der Waals surface area contributed by atoms with E-state index in [0.717, 1.165) is 52.3 Å². The molecule has 192 valence electrons. The summed E-state index contributed by atoms with van der Waals surface area (Å²) in [5, 5.41) is 4.24. The molecule has 1 fully saturated rings. The number of hydrogen-bond acceptors (Lipinski definition) is 7. The molecule has 1 N–H and O–H groups in total. The zero-order valence-corrected chi connectivity index (χ0v) is 22.2. The second kappa shape index (κ2) is 10.8. The van der Waals surface area contributed by atoms with Crippen molar-refractivity contribution in [3.05, 3.63) is 64.5 Å². The molecule has 4 aromatic rings. The molecule has 1 aromatic carbocycles. The third-order valence-electron chi connectivity index (χ3n) is 7.38. The summed E-state index contributed by atoms with van der Waals surface area (Å²) in [5.41, 5.74) is 5.86. The van der Waals surface area contributed by atoms with E-state index in [1.54, 1.807) is 17.0 Å². The number of anilines is 1. The van der Waals surface area contributed by atoms with Gasteiger partial charge in [0.25, 0.3) is 5.56 Å². The molecule has 1 aliphatic heterocycles. The average Bonchev–Trinajstić information content (AvgIpc) is 2.90. The van der Waals surface area contributed by atoms with Gasteiger partial charge < -0.3 is 10.2 Å². The molecular weight excluding hydrogens is 462 g/mol. The van der Waals surface area contributed by atoms with Crippen molar-refractivity contribution in [2.24, 2.45) is 5.92 Å². The lowest BCUT2D eigenvalue weighted by Crippen LogP contribution is -2.31. The first kappa shape index (κ1) is 25.0. The highest BCUT2D eigenvalue weighted by molar-refractivity contribution is 5.83. The van der Waals surface area contributed by atoms with Crippen LogP contribution in [0.25, 0.3) is 33.4 Å². The number of benzene rings is 1. The number of nitrogens with one attached hydrogen (secondary N) is 1. The number of aromatic nitrogens is 5. The number of rotatable bonds is 7. The summed E-state index contributed by atoms with van der Waals surface area (Å²) in [6, 6.07) is 7.98. The van der Waals surface area contributed by atoms with Gasteiger partial charge in [0, 0.05) is 42.0 Å². The Bertz CT molecular complexity index is 1470. The van der Waals surface area contributed by atoms with E-state index in [9.17, 15) is 4.79 Å². The van der Waals surface area contributed by atoms with Crippen LogP contribution < -0.4 is 10.9 Å². The van der Waals surface area contributed by atoms with E-state index in [4.69, 9.17) is 4.98 Å². The van der Waals surface area contributed by atoms with Crippen LogP contribution in [0, 0.1) is 19.8 Å². The molecule has 0 radical (unpaired) electrons. The number of likely N-dealkylation sites (tertiary alicyclic amines) is 1. The second-order valence-corrected chi connectivity index (χ2v) is 10.1. The van der Waals surface area contributed by atoms with E-state index in [1.165, 1.54) is 25.9 Å². The van der Waals surface area contributed by atoms with Gasteiger partial charge in [-0.15, -0.1) is 0 Å². The summed E-state index contributed by atoms with van der Waals surface area (Å²) in [6.45, 7) is 9.64. The first-order valence-corrected chi connectivity index (χ1v) is 13.2. The summed E-state index contributed by atoms with van der Waals surface area (Å²) in [7, 11) is 2.19. The molecule has 1 saturated heterocycles. The minimum absolute atomic E-state index is 0.0443. The minimum atomic E-state index is -0.0443. The zero-order valence-electron chi connectivity index (χ0n) is 22.2. The van der Waals surface area contributed by atoms with Gasteiger partial charge in [-0.1, -0.05) is 12.1 Å². The van der Waals surface area contributed by atoms with Gasteiger partial charge in [0.15, 0.2) is 0 Å². The highest BCUT2D eigenvalue weighted by Gasteiger charge is 2.17. The fraction of sp³-hybridized carbons (Fsp3) is 0.414. The molecule has 0 atom stereocenters. The van der Waals surface area contributed by atoms with E-state index >= 15 is 0 Å². The summed E-state index contributed by atoms with van der Waals surface area (Å²) in [4.78, 5) is 34.1. The van der Waals surface area contributed by atoms with Gasteiger partial charge in [0.2, 0.25) is 5.95 Å². The van der Waals surface area contributed by atoms with Gasteiger partial charge in [-0.3, -0.25) is 14.3 Å². The lowest BCUT2D eigenvalue weighted by Gasteiger charge is -2.28. The number of aryl methyl sites for hydroxylation is 3. The van der Waals surface area contributed by atoms with Crippen LogP contribution in [0.5, 0.6) is 0 Å². The molecule has 0 bridgehead atoms. The number of piperidine rings is 1. The monoisotopic (exact) mass is 497 g/mol. The highest BCUT2D eigenvalue weighted by Crippen LogP contribution is 2.28. The van der Waals surface area contributed by atoms with Gasteiger partial charge in [-0.2, -0.15) is 4.98 Å². The van der Waals surface area contributed by atoms with E-state index in [-0.39, 0.29) is 5.56 Å². The molecule has 4 heterocycles. The van der Waals surface area contributed by atoms with Crippen molar-refractivity contribution in [2.45, 2.75) is 46.6 Å².